The molecule has 27 heavy (non-hydrogen) atoms. The van der Waals surface area contributed by atoms with Gasteiger partial charge >= 0.3 is 0 Å². The van der Waals surface area contributed by atoms with Crippen molar-refractivity contribution in [2.24, 2.45) is 5.92 Å². The Morgan fingerprint density at radius 3 is 1.78 bits per heavy atom. The summed E-state index contributed by atoms with van der Waals surface area (Å²) in [6.45, 7) is 6.79. The van der Waals surface area contributed by atoms with Crippen molar-refractivity contribution in [2.45, 2.75) is 65.2 Å². The van der Waals surface area contributed by atoms with Crippen LogP contribution in [0.5, 0.6) is 0 Å². The molecule has 2 unspecified atom stereocenters. The lowest BCUT2D eigenvalue weighted by Gasteiger charge is -2.23. The van der Waals surface area contributed by atoms with Crippen LogP contribution in [0.4, 0.5) is 0 Å². The first-order valence-electron chi connectivity index (χ1n) is 10.7. The predicted octanol–water partition coefficient (Wildman–Crippen LogP) is 7.44. The topological polar surface area (TPSA) is 0 Å². The fourth-order valence-electron chi connectivity index (χ4n) is 4.06. The van der Waals surface area contributed by atoms with Crippen molar-refractivity contribution >= 4 is 0 Å². The van der Waals surface area contributed by atoms with Gasteiger partial charge in [-0.1, -0.05) is 93.1 Å². The van der Waals surface area contributed by atoms with Crippen LogP contribution in [0.2, 0.25) is 0 Å². The Bertz CT molecular complexity index is 759. The summed E-state index contributed by atoms with van der Waals surface area (Å²) in [5.41, 5.74) is 7.30. The van der Waals surface area contributed by atoms with Gasteiger partial charge in [0, 0.05) is 5.92 Å². The number of unbranched alkanes of at least 4 members (excludes halogenated alkanes) is 1. The van der Waals surface area contributed by atoms with Gasteiger partial charge in [0.15, 0.2) is 0 Å². The highest BCUT2D eigenvalue weighted by Crippen LogP contribution is 2.32. The second-order valence-corrected chi connectivity index (χ2v) is 7.96. The first-order chi connectivity index (χ1) is 13.2. The van der Waals surface area contributed by atoms with Crippen molar-refractivity contribution in [3.63, 3.8) is 0 Å². The first kappa shape index (κ1) is 19.7. The normalized spacial score (nSPS) is 19.1. The highest BCUT2D eigenvalue weighted by molar-refractivity contribution is 5.35. The van der Waals surface area contributed by atoms with Crippen molar-refractivity contribution in [1.29, 1.82) is 0 Å². The Morgan fingerprint density at radius 1 is 0.704 bits per heavy atom. The predicted molar refractivity (Wildman–Crippen MR) is 118 cm³/mol. The number of hydrogen-bond acceptors (Lipinski definition) is 0. The molecule has 0 radical (unpaired) electrons. The van der Waals surface area contributed by atoms with Crippen LogP contribution in [-0.2, 0) is 19.3 Å². The van der Waals surface area contributed by atoms with E-state index >= 15 is 0 Å². The molecule has 1 aliphatic carbocycles. The van der Waals surface area contributed by atoms with Gasteiger partial charge in [0.25, 0.3) is 0 Å². The molecule has 0 heteroatoms. The van der Waals surface area contributed by atoms with E-state index in [9.17, 15) is 0 Å². The van der Waals surface area contributed by atoms with Gasteiger partial charge in [0.1, 0.15) is 0 Å². The summed E-state index contributed by atoms with van der Waals surface area (Å²) in [7, 11) is 0. The van der Waals surface area contributed by atoms with E-state index in [1.54, 1.807) is 0 Å². The molecule has 0 bridgehead atoms. The average molecular weight is 359 g/mol. The molecule has 0 nitrogen and oxygen atoms in total. The van der Waals surface area contributed by atoms with Crippen molar-refractivity contribution in [3.8, 4) is 0 Å². The van der Waals surface area contributed by atoms with Gasteiger partial charge in [-0.25, -0.2) is 0 Å². The Labute approximate surface area is 166 Å². The lowest BCUT2D eigenvalue weighted by Crippen LogP contribution is -2.09. The zero-order valence-electron chi connectivity index (χ0n) is 17.2. The molecule has 0 fully saturated rings. The maximum atomic E-state index is 2.44. The van der Waals surface area contributed by atoms with Gasteiger partial charge in [-0.3, -0.25) is 0 Å². The SMILES string of the molecule is CCC1=CC(C)C(c2ccc(CCCCc3ccc(CC)cc3)cc2)C=C1. The highest BCUT2D eigenvalue weighted by atomic mass is 14.2. The maximum absolute atomic E-state index is 2.44. The third-order valence-electron chi connectivity index (χ3n) is 5.95. The number of allylic oxidation sites excluding steroid dienone is 4. The summed E-state index contributed by atoms with van der Waals surface area (Å²) in [6, 6.07) is 18.5. The molecule has 0 saturated heterocycles. The maximum Gasteiger partial charge on any atom is 0.00815 e. The summed E-state index contributed by atoms with van der Waals surface area (Å²) in [5.74, 6) is 1.12. The second-order valence-electron chi connectivity index (χ2n) is 7.96. The third kappa shape index (κ3) is 5.45. The zero-order valence-corrected chi connectivity index (χ0v) is 17.2. The van der Waals surface area contributed by atoms with Crippen molar-refractivity contribution in [3.05, 3.63) is 94.6 Å². The van der Waals surface area contributed by atoms with Crippen LogP contribution in [0.25, 0.3) is 0 Å². The molecule has 3 rings (SSSR count). The Hall–Kier alpha value is -2.08. The molecule has 0 amide bonds. The molecule has 0 heterocycles. The molecule has 1 aliphatic rings. The minimum absolute atomic E-state index is 0.528. The monoisotopic (exact) mass is 358 g/mol. The van der Waals surface area contributed by atoms with Crippen LogP contribution < -0.4 is 0 Å². The van der Waals surface area contributed by atoms with E-state index in [4.69, 9.17) is 0 Å². The lowest BCUT2D eigenvalue weighted by atomic mass is 9.81. The summed E-state index contributed by atoms with van der Waals surface area (Å²) < 4.78 is 0. The lowest BCUT2D eigenvalue weighted by molar-refractivity contribution is 0.627. The molecule has 142 valence electrons. The molecule has 0 saturated carbocycles. The molecular formula is C27H34. The zero-order chi connectivity index (χ0) is 19.1. The molecule has 0 aliphatic heterocycles. The number of rotatable bonds is 8. The summed E-state index contributed by atoms with van der Waals surface area (Å²) in [6.07, 6.45) is 14.3. The third-order valence-corrected chi connectivity index (χ3v) is 5.95. The minimum Gasteiger partial charge on any atom is -0.0776 e. The van der Waals surface area contributed by atoms with Crippen LogP contribution >= 0.6 is 0 Å². The van der Waals surface area contributed by atoms with Crippen molar-refractivity contribution in [2.75, 3.05) is 0 Å². The van der Waals surface area contributed by atoms with E-state index in [0.717, 1.165) is 12.8 Å². The molecule has 2 atom stereocenters. The van der Waals surface area contributed by atoms with E-state index in [2.05, 4.69) is 87.5 Å². The fraction of sp³-hybridized carbons (Fsp3) is 0.407. The summed E-state index contributed by atoms with van der Waals surface area (Å²) in [4.78, 5) is 0. The molecule has 0 aromatic heterocycles. The number of hydrogen-bond donors (Lipinski definition) is 0. The van der Waals surface area contributed by atoms with E-state index in [0.29, 0.717) is 11.8 Å². The Balaban J connectivity index is 1.46. The smallest absolute Gasteiger partial charge is 0.00815 e. The Morgan fingerprint density at radius 2 is 1.26 bits per heavy atom. The average Bonchev–Trinajstić information content (AvgIpc) is 2.72. The second kappa shape index (κ2) is 9.74. The van der Waals surface area contributed by atoms with Crippen molar-refractivity contribution < 1.29 is 0 Å². The highest BCUT2D eigenvalue weighted by Gasteiger charge is 2.18. The van der Waals surface area contributed by atoms with Gasteiger partial charge in [-0.05, 0) is 66.7 Å². The quantitative estimate of drug-likeness (QED) is 0.430. The minimum atomic E-state index is 0.528. The van der Waals surface area contributed by atoms with Gasteiger partial charge in [-0.2, -0.15) is 0 Å². The molecule has 2 aromatic rings. The van der Waals surface area contributed by atoms with Crippen LogP contribution in [0.1, 0.15) is 68.2 Å². The summed E-state index contributed by atoms with van der Waals surface area (Å²) in [5, 5.41) is 0. The van der Waals surface area contributed by atoms with Crippen molar-refractivity contribution in [1.82, 2.24) is 0 Å². The van der Waals surface area contributed by atoms with E-state index in [-0.39, 0.29) is 0 Å². The van der Waals surface area contributed by atoms with Gasteiger partial charge in [0.05, 0.1) is 0 Å². The first-order valence-corrected chi connectivity index (χ1v) is 10.7. The van der Waals surface area contributed by atoms with Crippen LogP contribution in [0.3, 0.4) is 0 Å². The van der Waals surface area contributed by atoms with Gasteiger partial charge in [0.2, 0.25) is 0 Å². The van der Waals surface area contributed by atoms with E-state index in [1.165, 1.54) is 53.5 Å². The fourth-order valence-corrected chi connectivity index (χ4v) is 4.06. The van der Waals surface area contributed by atoms with E-state index in [1.807, 2.05) is 0 Å². The largest absolute Gasteiger partial charge is 0.0776 e. The Kier molecular flexibility index (Phi) is 7.10. The van der Waals surface area contributed by atoms with E-state index < -0.39 is 0 Å². The molecule has 2 aromatic carbocycles. The summed E-state index contributed by atoms with van der Waals surface area (Å²) >= 11 is 0. The van der Waals surface area contributed by atoms with Crippen LogP contribution in [-0.4, -0.2) is 0 Å². The molecular weight excluding hydrogens is 324 g/mol. The van der Waals surface area contributed by atoms with Crippen LogP contribution in [0, 0.1) is 5.92 Å². The molecule has 0 N–H and O–H groups in total. The van der Waals surface area contributed by atoms with Gasteiger partial charge < -0.3 is 0 Å². The standard InChI is InChI=1S/C27H34/c1-4-22-10-12-24(13-11-22)8-6-7-9-25-14-17-26(18-15-25)27-19-16-23(5-2)20-21(27)3/h10-21,27H,4-9H2,1-3H3. The number of benzene rings is 2. The van der Waals surface area contributed by atoms with Crippen LogP contribution in [0.15, 0.2) is 72.3 Å². The molecule has 0 spiro atoms. The van der Waals surface area contributed by atoms with Gasteiger partial charge in [-0.15, -0.1) is 0 Å². The number of aryl methyl sites for hydroxylation is 3.